The highest BCUT2D eigenvalue weighted by molar-refractivity contribution is 6.00. The third-order valence-electron chi connectivity index (χ3n) is 10.6. The van der Waals surface area contributed by atoms with Crippen molar-refractivity contribution >= 4 is 5.78 Å². The van der Waals surface area contributed by atoms with Crippen LogP contribution in [0.15, 0.2) is 11.6 Å². The van der Waals surface area contributed by atoms with Gasteiger partial charge < -0.3 is 35.7 Å². The summed E-state index contributed by atoms with van der Waals surface area (Å²) in [6, 6.07) is 0. The number of aliphatic hydroxyl groups is 7. The van der Waals surface area contributed by atoms with Crippen LogP contribution in [0.1, 0.15) is 79.6 Å². The van der Waals surface area contributed by atoms with Gasteiger partial charge in [0.25, 0.3) is 0 Å². The normalized spacial score (nSPS) is 50.1. The lowest BCUT2D eigenvalue weighted by atomic mass is 9.43. The number of hydrogen-bond donors (Lipinski definition) is 7. The molecule has 200 valence electrons. The molecule has 8 nitrogen and oxygen atoms in total. The van der Waals surface area contributed by atoms with Crippen molar-refractivity contribution in [1.82, 2.24) is 0 Å². The molecule has 7 N–H and O–H groups in total. The zero-order chi connectivity index (χ0) is 26.4. The molecule has 0 aromatic carbocycles. The van der Waals surface area contributed by atoms with E-state index >= 15 is 0 Å². The number of carbonyl (C=O) groups is 1. The highest BCUT2D eigenvalue weighted by Gasteiger charge is 2.73. The van der Waals surface area contributed by atoms with Crippen LogP contribution in [0.4, 0.5) is 0 Å². The van der Waals surface area contributed by atoms with E-state index in [4.69, 9.17) is 0 Å². The molecule has 11 atom stereocenters. The van der Waals surface area contributed by atoms with E-state index in [-0.39, 0.29) is 25.7 Å². The van der Waals surface area contributed by atoms with Crippen LogP contribution < -0.4 is 0 Å². The smallest absolute Gasteiger partial charge is 0.187 e. The number of fused-ring (bicyclic) bond motifs is 5. The Balaban J connectivity index is 1.76. The SMILES string of the molecule is CC(C)CC[C@@H](O)[C@](C)(O)[C@@H]1CC[C@@]2(O)C3=CC(=O)[C@]4(O)C[C@@H](O)[C@@H](O)C[C@]4(C)[C@H]3[C@H](O)C[C@]12C. The molecule has 0 spiro atoms. The Morgan fingerprint density at radius 2 is 1.54 bits per heavy atom. The molecule has 0 bridgehead atoms. The minimum absolute atomic E-state index is 0.0989. The Hall–Kier alpha value is -0.870. The monoisotopic (exact) mass is 496 g/mol. The maximum absolute atomic E-state index is 13.3. The molecule has 0 aromatic rings. The zero-order valence-electron chi connectivity index (χ0n) is 21.6. The van der Waals surface area contributed by atoms with Crippen LogP contribution in [0.2, 0.25) is 0 Å². The average Bonchev–Trinajstić information content (AvgIpc) is 3.01. The number of rotatable bonds is 5. The van der Waals surface area contributed by atoms with Gasteiger partial charge in [-0.25, -0.2) is 0 Å². The van der Waals surface area contributed by atoms with Gasteiger partial charge in [-0.2, -0.15) is 0 Å². The molecule has 4 aliphatic carbocycles. The average molecular weight is 497 g/mol. The van der Waals surface area contributed by atoms with Gasteiger partial charge >= 0.3 is 0 Å². The Morgan fingerprint density at radius 3 is 2.14 bits per heavy atom. The lowest BCUT2D eigenvalue weighted by Gasteiger charge is -2.64. The highest BCUT2D eigenvalue weighted by atomic mass is 16.3. The van der Waals surface area contributed by atoms with Gasteiger partial charge in [-0.05, 0) is 68.9 Å². The predicted octanol–water partition coefficient (Wildman–Crippen LogP) is 0.825. The summed E-state index contributed by atoms with van der Waals surface area (Å²) in [7, 11) is 0. The van der Waals surface area contributed by atoms with Gasteiger partial charge in [0.1, 0.15) is 5.60 Å². The van der Waals surface area contributed by atoms with Crippen molar-refractivity contribution in [1.29, 1.82) is 0 Å². The number of aliphatic hydroxyl groups excluding tert-OH is 4. The van der Waals surface area contributed by atoms with Crippen LogP contribution in [0.5, 0.6) is 0 Å². The lowest BCUT2D eigenvalue weighted by Crippen LogP contribution is -2.71. The first-order valence-electron chi connectivity index (χ1n) is 13.1. The van der Waals surface area contributed by atoms with Gasteiger partial charge in [0, 0.05) is 23.2 Å². The molecule has 4 rings (SSSR count). The van der Waals surface area contributed by atoms with E-state index in [9.17, 15) is 40.5 Å². The van der Waals surface area contributed by atoms with Crippen LogP contribution in [-0.4, -0.2) is 82.7 Å². The van der Waals surface area contributed by atoms with E-state index in [0.29, 0.717) is 24.3 Å². The molecular weight excluding hydrogens is 452 g/mol. The molecule has 35 heavy (non-hydrogen) atoms. The minimum atomic E-state index is -1.97. The van der Waals surface area contributed by atoms with E-state index < -0.39 is 69.7 Å². The molecule has 0 saturated heterocycles. The van der Waals surface area contributed by atoms with Crippen LogP contribution >= 0.6 is 0 Å². The Kier molecular flexibility index (Phi) is 6.46. The van der Waals surface area contributed by atoms with Crippen molar-refractivity contribution in [2.45, 2.75) is 121 Å². The molecule has 3 fully saturated rings. The topological polar surface area (TPSA) is 159 Å². The van der Waals surface area contributed by atoms with Crippen LogP contribution in [0.3, 0.4) is 0 Å². The Morgan fingerprint density at radius 1 is 0.971 bits per heavy atom. The molecule has 0 aliphatic heterocycles. The van der Waals surface area contributed by atoms with Crippen molar-refractivity contribution in [3.8, 4) is 0 Å². The fraction of sp³-hybridized carbons (Fsp3) is 0.889. The quantitative estimate of drug-likeness (QED) is 0.295. The lowest BCUT2D eigenvalue weighted by molar-refractivity contribution is -0.228. The minimum Gasteiger partial charge on any atom is -0.392 e. The van der Waals surface area contributed by atoms with Gasteiger partial charge in [-0.1, -0.05) is 27.7 Å². The number of ketones is 1. The van der Waals surface area contributed by atoms with Crippen LogP contribution in [0.25, 0.3) is 0 Å². The molecule has 0 radical (unpaired) electrons. The molecular formula is C27H44O8. The van der Waals surface area contributed by atoms with Crippen molar-refractivity contribution in [3.05, 3.63) is 11.6 Å². The summed E-state index contributed by atoms with van der Waals surface area (Å²) in [6.07, 6.45) is -1.83. The summed E-state index contributed by atoms with van der Waals surface area (Å²) >= 11 is 0. The van der Waals surface area contributed by atoms with Crippen molar-refractivity contribution < 1.29 is 40.5 Å². The second kappa shape index (κ2) is 8.32. The zero-order valence-corrected chi connectivity index (χ0v) is 21.6. The van der Waals surface area contributed by atoms with Gasteiger partial charge in [-0.3, -0.25) is 4.79 Å². The first-order valence-corrected chi connectivity index (χ1v) is 13.1. The third kappa shape index (κ3) is 3.55. The van der Waals surface area contributed by atoms with Crippen LogP contribution in [0, 0.1) is 28.6 Å². The Bertz CT molecular complexity index is 900. The van der Waals surface area contributed by atoms with E-state index in [1.165, 1.54) is 6.08 Å². The molecule has 3 saturated carbocycles. The fourth-order valence-corrected chi connectivity index (χ4v) is 8.42. The maximum Gasteiger partial charge on any atom is 0.187 e. The van der Waals surface area contributed by atoms with Crippen molar-refractivity contribution in [2.75, 3.05) is 0 Å². The number of carbonyl (C=O) groups excluding carboxylic acids is 1. The van der Waals surface area contributed by atoms with E-state index in [0.717, 1.165) is 6.42 Å². The molecule has 0 heterocycles. The summed E-state index contributed by atoms with van der Waals surface area (Å²) in [5, 5.41) is 78.4. The predicted molar refractivity (Wildman–Crippen MR) is 128 cm³/mol. The van der Waals surface area contributed by atoms with Crippen molar-refractivity contribution in [2.24, 2.45) is 28.6 Å². The molecule has 8 heteroatoms. The van der Waals surface area contributed by atoms with E-state index in [1.807, 2.05) is 20.8 Å². The van der Waals surface area contributed by atoms with Crippen molar-refractivity contribution in [3.63, 3.8) is 0 Å². The second-order valence-corrected chi connectivity index (χ2v) is 13.1. The second-order valence-electron chi connectivity index (χ2n) is 13.1. The first kappa shape index (κ1) is 27.2. The maximum atomic E-state index is 13.3. The summed E-state index contributed by atoms with van der Waals surface area (Å²) in [6.45, 7) is 9.14. The summed E-state index contributed by atoms with van der Waals surface area (Å²) in [4.78, 5) is 13.3. The van der Waals surface area contributed by atoms with E-state index in [2.05, 4.69) is 0 Å². The van der Waals surface area contributed by atoms with E-state index in [1.54, 1.807) is 13.8 Å². The summed E-state index contributed by atoms with van der Waals surface area (Å²) in [5.74, 6) is -1.63. The van der Waals surface area contributed by atoms with Gasteiger partial charge in [-0.15, -0.1) is 0 Å². The fourth-order valence-electron chi connectivity index (χ4n) is 8.42. The standard InChI is InChI=1S/C27H44O8/c1-14(2)6-7-20(31)25(5,33)19-8-9-26(34)15-10-21(32)27(35)13-17(29)16(28)11-24(27,4)22(15)18(30)12-23(19,26)3/h10,14,16-20,22,28-31,33-35H,6-9,11-13H2,1-5H3/t16-,17+,18+,19+,20+,22+,23+,24+,25+,26+,27+/m0/s1. The summed E-state index contributed by atoms with van der Waals surface area (Å²) < 4.78 is 0. The van der Waals surface area contributed by atoms with Crippen LogP contribution in [-0.2, 0) is 4.79 Å². The largest absolute Gasteiger partial charge is 0.392 e. The molecule has 0 amide bonds. The van der Waals surface area contributed by atoms with Gasteiger partial charge in [0.15, 0.2) is 5.78 Å². The third-order valence-corrected chi connectivity index (χ3v) is 10.6. The summed E-state index contributed by atoms with van der Waals surface area (Å²) in [5.41, 5.74) is -7.02. The molecule has 0 aromatic heterocycles. The highest BCUT2D eigenvalue weighted by Crippen LogP contribution is 2.69. The molecule has 0 unspecified atom stereocenters. The number of hydrogen-bond acceptors (Lipinski definition) is 8. The van der Waals surface area contributed by atoms with Gasteiger partial charge in [0.05, 0.1) is 35.6 Å². The van der Waals surface area contributed by atoms with Gasteiger partial charge in [0.2, 0.25) is 0 Å². The Labute approximate surface area is 207 Å². The molecule has 4 aliphatic rings. The first-order chi connectivity index (χ1) is 16.0.